The van der Waals surface area contributed by atoms with Gasteiger partial charge in [0.2, 0.25) is 0 Å². The number of ether oxygens (including phenoxy) is 2. The van der Waals surface area contributed by atoms with E-state index < -0.39 is 11.2 Å². The van der Waals surface area contributed by atoms with Crippen LogP contribution in [-0.2, 0) is 9.47 Å². The van der Waals surface area contributed by atoms with E-state index in [1.165, 1.54) is 0 Å². The molecular weight excluding hydrogens is 326 g/mol. The van der Waals surface area contributed by atoms with Crippen LogP contribution < -0.4 is 0 Å². The molecule has 1 aliphatic heterocycles. The summed E-state index contributed by atoms with van der Waals surface area (Å²) in [4.78, 5) is 14.6. The monoisotopic (exact) mass is 361 g/mol. The Bertz CT molecular complexity index is 526. The Morgan fingerprint density at radius 1 is 1.35 bits per heavy atom. The van der Waals surface area contributed by atoms with Crippen LogP contribution >= 0.6 is 0 Å². The van der Waals surface area contributed by atoms with Gasteiger partial charge in [0, 0.05) is 6.54 Å². The third-order valence-electron chi connectivity index (χ3n) is 4.46. The van der Waals surface area contributed by atoms with Crippen LogP contribution in [0.4, 0.5) is 4.79 Å². The highest BCUT2D eigenvalue weighted by molar-refractivity contribution is 5.69. The molecule has 0 unspecified atom stereocenters. The highest BCUT2D eigenvalue weighted by Crippen LogP contribution is 2.34. The molecule has 0 N–H and O–H groups in total. The van der Waals surface area contributed by atoms with Crippen molar-refractivity contribution in [1.82, 2.24) is 4.90 Å². The van der Waals surface area contributed by atoms with Crippen LogP contribution in [0.2, 0.25) is 0 Å². The molecule has 26 heavy (non-hydrogen) atoms. The van der Waals surface area contributed by atoms with Crippen molar-refractivity contribution in [2.45, 2.75) is 83.5 Å². The minimum Gasteiger partial charge on any atom is -0.444 e. The van der Waals surface area contributed by atoms with E-state index in [-0.39, 0.29) is 12.1 Å². The SMILES string of the molecule is C#C[C@@](CC/C=C\CC)(OCC=C)[C@H]1CCCCN1C(=O)OC(C)(C)C. The van der Waals surface area contributed by atoms with Crippen LogP contribution in [0, 0.1) is 12.3 Å². The van der Waals surface area contributed by atoms with Gasteiger partial charge in [-0.05, 0) is 59.3 Å². The quantitative estimate of drug-likeness (QED) is 0.446. The number of terminal acetylenes is 1. The molecule has 4 heteroatoms. The smallest absolute Gasteiger partial charge is 0.410 e. The van der Waals surface area contributed by atoms with E-state index in [1.54, 1.807) is 11.0 Å². The van der Waals surface area contributed by atoms with Crippen molar-refractivity contribution in [2.24, 2.45) is 0 Å². The minimum absolute atomic E-state index is 0.189. The maximum Gasteiger partial charge on any atom is 0.410 e. The van der Waals surface area contributed by atoms with Crippen LogP contribution in [0.5, 0.6) is 0 Å². The lowest BCUT2D eigenvalue weighted by molar-refractivity contribution is -0.0734. The standard InChI is InChI=1S/C22H35NO3/c1-7-10-11-13-16-22(9-3,25-18-8-2)19-15-12-14-17-23(19)20(24)26-21(4,5)6/h3,8,10-11,19H,2,7,12-18H2,1,4-6H3/b11-10-/t19-,22+/m1/s1. The van der Waals surface area contributed by atoms with Gasteiger partial charge in [-0.1, -0.05) is 31.1 Å². The third-order valence-corrected chi connectivity index (χ3v) is 4.46. The van der Waals surface area contributed by atoms with Gasteiger partial charge < -0.3 is 14.4 Å². The lowest BCUT2D eigenvalue weighted by Gasteiger charge is -2.45. The molecular formula is C22H35NO3. The van der Waals surface area contributed by atoms with Gasteiger partial charge in [-0.15, -0.1) is 13.0 Å². The van der Waals surface area contributed by atoms with E-state index in [1.807, 2.05) is 20.8 Å². The topological polar surface area (TPSA) is 38.8 Å². The molecule has 1 heterocycles. The zero-order valence-electron chi connectivity index (χ0n) is 16.9. The van der Waals surface area contributed by atoms with Crippen molar-refractivity contribution in [2.75, 3.05) is 13.2 Å². The number of rotatable bonds is 8. The average molecular weight is 362 g/mol. The first-order valence-corrected chi connectivity index (χ1v) is 9.67. The molecule has 0 aromatic rings. The van der Waals surface area contributed by atoms with E-state index in [0.29, 0.717) is 19.6 Å². The van der Waals surface area contributed by atoms with Crippen LogP contribution in [0.15, 0.2) is 24.8 Å². The minimum atomic E-state index is -0.830. The number of nitrogens with zero attached hydrogens (tertiary/aromatic N) is 1. The molecule has 1 saturated heterocycles. The van der Waals surface area contributed by atoms with Crippen molar-refractivity contribution in [3.05, 3.63) is 24.8 Å². The molecule has 0 saturated carbocycles. The summed E-state index contributed by atoms with van der Waals surface area (Å²) >= 11 is 0. The first kappa shape index (κ1) is 22.3. The van der Waals surface area contributed by atoms with Gasteiger partial charge in [0.1, 0.15) is 11.2 Å². The van der Waals surface area contributed by atoms with Crippen LogP contribution in [0.3, 0.4) is 0 Å². The number of likely N-dealkylation sites (tertiary alicyclic amines) is 1. The van der Waals surface area contributed by atoms with Gasteiger partial charge in [0.05, 0.1) is 12.6 Å². The second-order valence-electron chi connectivity index (χ2n) is 7.74. The fourth-order valence-electron chi connectivity index (χ4n) is 3.29. The lowest BCUT2D eigenvalue weighted by atomic mass is 9.83. The predicted octanol–water partition coefficient (Wildman–Crippen LogP) is 5.10. The maximum absolute atomic E-state index is 12.8. The molecule has 0 bridgehead atoms. The van der Waals surface area contributed by atoms with Crippen molar-refractivity contribution in [3.63, 3.8) is 0 Å². The van der Waals surface area contributed by atoms with E-state index >= 15 is 0 Å². The average Bonchev–Trinajstić information content (AvgIpc) is 2.60. The maximum atomic E-state index is 12.8. The summed E-state index contributed by atoms with van der Waals surface area (Å²) in [5, 5.41) is 0. The van der Waals surface area contributed by atoms with Crippen LogP contribution in [0.1, 0.15) is 66.2 Å². The third kappa shape index (κ3) is 6.53. The Kier molecular flexibility index (Phi) is 8.95. The molecule has 0 aromatic carbocycles. The van der Waals surface area contributed by atoms with Gasteiger partial charge >= 0.3 is 6.09 Å². The van der Waals surface area contributed by atoms with Crippen molar-refractivity contribution >= 4 is 6.09 Å². The second-order valence-corrected chi connectivity index (χ2v) is 7.74. The zero-order valence-corrected chi connectivity index (χ0v) is 16.9. The molecule has 0 aromatic heterocycles. The first-order chi connectivity index (χ1) is 12.3. The Labute approximate surface area is 159 Å². The molecule has 146 valence electrons. The predicted molar refractivity (Wildman–Crippen MR) is 107 cm³/mol. The number of hydrogen-bond acceptors (Lipinski definition) is 3. The normalized spacial score (nSPS) is 20.4. The van der Waals surface area contributed by atoms with Gasteiger partial charge in [-0.25, -0.2) is 4.79 Å². The van der Waals surface area contributed by atoms with Gasteiger partial charge in [0.15, 0.2) is 0 Å². The van der Waals surface area contributed by atoms with Gasteiger partial charge in [0.25, 0.3) is 0 Å². The highest BCUT2D eigenvalue weighted by Gasteiger charge is 2.45. The largest absolute Gasteiger partial charge is 0.444 e. The first-order valence-electron chi connectivity index (χ1n) is 9.67. The lowest BCUT2D eigenvalue weighted by Crippen LogP contribution is -2.58. The van der Waals surface area contributed by atoms with Crippen molar-refractivity contribution in [3.8, 4) is 12.3 Å². The van der Waals surface area contributed by atoms with E-state index in [0.717, 1.165) is 32.1 Å². The Hall–Kier alpha value is -1.73. The molecule has 0 radical (unpaired) electrons. The summed E-state index contributed by atoms with van der Waals surface area (Å²) in [5.41, 5.74) is -1.37. The number of hydrogen-bond donors (Lipinski definition) is 0. The van der Waals surface area contributed by atoms with Crippen molar-refractivity contribution in [1.29, 1.82) is 0 Å². The highest BCUT2D eigenvalue weighted by atomic mass is 16.6. The Morgan fingerprint density at radius 2 is 2.08 bits per heavy atom. The summed E-state index contributed by atoms with van der Waals surface area (Å²) in [7, 11) is 0. The molecule has 4 nitrogen and oxygen atoms in total. The van der Waals surface area contributed by atoms with Gasteiger partial charge in [-0.2, -0.15) is 0 Å². The number of allylic oxidation sites excluding steroid dienone is 2. The summed E-state index contributed by atoms with van der Waals surface area (Å²) in [6, 6.07) is -0.189. The number of carbonyl (C=O) groups is 1. The molecule has 0 spiro atoms. The number of amides is 1. The summed E-state index contributed by atoms with van der Waals surface area (Å²) in [6.07, 6.45) is 16.9. The fourth-order valence-corrected chi connectivity index (χ4v) is 3.29. The molecule has 2 atom stereocenters. The molecule has 1 amide bonds. The van der Waals surface area contributed by atoms with Crippen LogP contribution in [-0.4, -0.2) is 41.4 Å². The number of piperidine rings is 1. The van der Waals surface area contributed by atoms with E-state index in [4.69, 9.17) is 15.9 Å². The Balaban J connectivity index is 3.08. The second kappa shape index (κ2) is 10.4. The zero-order chi connectivity index (χ0) is 19.6. The van der Waals surface area contributed by atoms with Gasteiger partial charge in [-0.3, -0.25) is 0 Å². The number of carbonyl (C=O) groups excluding carboxylic acids is 1. The van der Waals surface area contributed by atoms with E-state index in [9.17, 15) is 4.79 Å². The summed E-state index contributed by atoms with van der Waals surface area (Å²) < 4.78 is 11.7. The van der Waals surface area contributed by atoms with Crippen LogP contribution in [0.25, 0.3) is 0 Å². The summed E-state index contributed by atoms with van der Waals surface area (Å²) in [5.74, 6) is 2.89. The molecule has 1 rings (SSSR count). The van der Waals surface area contributed by atoms with E-state index in [2.05, 4.69) is 31.6 Å². The molecule has 0 aliphatic carbocycles. The molecule has 1 aliphatic rings. The Morgan fingerprint density at radius 3 is 2.65 bits per heavy atom. The molecule has 1 fully saturated rings. The fraction of sp³-hybridized carbons (Fsp3) is 0.682. The summed E-state index contributed by atoms with van der Waals surface area (Å²) in [6.45, 7) is 12.5. The van der Waals surface area contributed by atoms with Crippen molar-refractivity contribution < 1.29 is 14.3 Å².